The Bertz CT molecular complexity index is 620. The number of hydrogen-bond donors (Lipinski definition) is 1. The number of fused-ring (bicyclic) bond motifs is 1. The molecule has 2 fully saturated rings. The summed E-state index contributed by atoms with van der Waals surface area (Å²) in [5, 5.41) is 3.56. The zero-order chi connectivity index (χ0) is 13.6. The summed E-state index contributed by atoms with van der Waals surface area (Å²) in [6, 6.07) is 2.80. The van der Waals surface area contributed by atoms with E-state index in [0.29, 0.717) is 6.04 Å². The normalized spacial score (nSPS) is 26.4. The van der Waals surface area contributed by atoms with Crippen molar-refractivity contribution in [1.82, 2.24) is 19.9 Å². The van der Waals surface area contributed by atoms with E-state index in [1.165, 1.54) is 43.4 Å². The molecule has 2 aromatic rings. The van der Waals surface area contributed by atoms with Gasteiger partial charge in [-0.15, -0.1) is 0 Å². The van der Waals surface area contributed by atoms with E-state index < -0.39 is 0 Å². The fourth-order valence-corrected chi connectivity index (χ4v) is 3.77. The van der Waals surface area contributed by atoms with Gasteiger partial charge in [-0.05, 0) is 38.3 Å². The van der Waals surface area contributed by atoms with E-state index in [1.54, 1.807) is 0 Å². The van der Waals surface area contributed by atoms with Gasteiger partial charge in [-0.25, -0.2) is 4.98 Å². The molecule has 1 N–H and O–H groups in total. The SMILES string of the molecule is CCCC1(c2nc3cnccc3n2C2CC2)CCNC1. The van der Waals surface area contributed by atoms with Gasteiger partial charge in [0.2, 0.25) is 0 Å². The van der Waals surface area contributed by atoms with Gasteiger partial charge in [-0.1, -0.05) is 13.3 Å². The molecule has 4 nitrogen and oxygen atoms in total. The Labute approximate surface area is 119 Å². The summed E-state index contributed by atoms with van der Waals surface area (Å²) in [4.78, 5) is 9.26. The van der Waals surface area contributed by atoms with Crippen molar-refractivity contribution in [3.05, 3.63) is 24.3 Å². The summed E-state index contributed by atoms with van der Waals surface area (Å²) >= 11 is 0. The molecule has 0 radical (unpaired) electrons. The highest BCUT2D eigenvalue weighted by atomic mass is 15.2. The van der Waals surface area contributed by atoms with Crippen molar-refractivity contribution in [3.8, 4) is 0 Å². The van der Waals surface area contributed by atoms with Gasteiger partial charge < -0.3 is 9.88 Å². The monoisotopic (exact) mass is 270 g/mol. The summed E-state index contributed by atoms with van der Waals surface area (Å²) < 4.78 is 2.53. The van der Waals surface area contributed by atoms with Crippen LogP contribution in [0.2, 0.25) is 0 Å². The molecule has 2 aliphatic rings. The lowest BCUT2D eigenvalue weighted by atomic mass is 9.81. The van der Waals surface area contributed by atoms with Gasteiger partial charge in [-0.3, -0.25) is 4.98 Å². The fourth-order valence-electron chi connectivity index (χ4n) is 3.77. The number of nitrogens with one attached hydrogen (secondary N) is 1. The van der Waals surface area contributed by atoms with Crippen LogP contribution in [0.25, 0.3) is 11.0 Å². The minimum Gasteiger partial charge on any atom is -0.324 e. The third kappa shape index (κ3) is 1.78. The van der Waals surface area contributed by atoms with Crippen LogP contribution in [0.4, 0.5) is 0 Å². The molecule has 0 aromatic carbocycles. The van der Waals surface area contributed by atoms with Gasteiger partial charge in [0.15, 0.2) is 0 Å². The first kappa shape index (κ1) is 12.3. The minimum atomic E-state index is 0.232. The highest BCUT2D eigenvalue weighted by Gasteiger charge is 2.41. The smallest absolute Gasteiger partial charge is 0.117 e. The van der Waals surface area contributed by atoms with Crippen LogP contribution in [0.3, 0.4) is 0 Å². The summed E-state index contributed by atoms with van der Waals surface area (Å²) in [5.41, 5.74) is 2.58. The van der Waals surface area contributed by atoms with Crippen molar-refractivity contribution < 1.29 is 0 Å². The Morgan fingerprint density at radius 1 is 1.45 bits per heavy atom. The zero-order valence-corrected chi connectivity index (χ0v) is 12.1. The Hall–Kier alpha value is -1.42. The van der Waals surface area contributed by atoms with Gasteiger partial charge in [0.05, 0.1) is 11.7 Å². The van der Waals surface area contributed by atoms with Crippen molar-refractivity contribution in [2.24, 2.45) is 0 Å². The number of rotatable bonds is 4. The topological polar surface area (TPSA) is 42.7 Å². The molecule has 1 saturated carbocycles. The zero-order valence-electron chi connectivity index (χ0n) is 12.1. The van der Waals surface area contributed by atoms with Crippen LogP contribution in [0, 0.1) is 0 Å². The van der Waals surface area contributed by atoms with Crippen LogP contribution in [-0.4, -0.2) is 27.6 Å². The maximum atomic E-state index is 5.01. The summed E-state index contributed by atoms with van der Waals surface area (Å²) in [5.74, 6) is 1.31. The second kappa shape index (κ2) is 4.55. The Morgan fingerprint density at radius 2 is 2.35 bits per heavy atom. The average Bonchev–Trinajstić information content (AvgIpc) is 3.06. The van der Waals surface area contributed by atoms with E-state index in [-0.39, 0.29) is 5.41 Å². The van der Waals surface area contributed by atoms with Gasteiger partial charge in [0.1, 0.15) is 11.3 Å². The number of nitrogens with zero attached hydrogens (tertiary/aromatic N) is 3. The van der Waals surface area contributed by atoms with Crippen molar-refractivity contribution in [1.29, 1.82) is 0 Å². The molecular formula is C16H22N4. The van der Waals surface area contributed by atoms with Crippen molar-refractivity contribution >= 4 is 11.0 Å². The molecule has 1 atom stereocenters. The third-order valence-corrected chi connectivity index (χ3v) is 4.85. The predicted octanol–water partition coefficient (Wildman–Crippen LogP) is 2.80. The van der Waals surface area contributed by atoms with E-state index in [1.807, 2.05) is 12.4 Å². The molecule has 2 aromatic heterocycles. The van der Waals surface area contributed by atoms with E-state index >= 15 is 0 Å². The fraction of sp³-hybridized carbons (Fsp3) is 0.625. The average molecular weight is 270 g/mol. The molecule has 106 valence electrons. The Kier molecular flexibility index (Phi) is 2.81. The molecule has 0 amide bonds. The molecule has 1 aliphatic carbocycles. The standard InChI is InChI=1S/C16H22N4/c1-2-6-16(7-9-18-11-16)15-19-13-10-17-8-5-14(13)20(15)12-3-4-12/h5,8,10,12,18H,2-4,6-7,9,11H2,1H3. The van der Waals surface area contributed by atoms with E-state index in [9.17, 15) is 0 Å². The largest absolute Gasteiger partial charge is 0.324 e. The molecule has 0 spiro atoms. The lowest BCUT2D eigenvalue weighted by molar-refractivity contribution is 0.386. The lowest BCUT2D eigenvalue weighted by Gasteiger charge is -2.28. The number of aromatic nitrogens is 3. The van der Waals surface area contributed by atoms with Gasteiger partial charge >= 0.3 is 0 Å². The number of pyridine rings is 1. The molecule has 1 aliphatic heterocycles. The Balaban J connectivity index is 1.91. The van der Waals surface area contributed by atoms with Crippen LogP contribution < -0.4 is 5.32 Å². The Morgan fingerprint density at radius 3 is 3.05 bits per heavy atom. The van der Waals surface area contributed by atoms with Crippen molar-refractivity contribution in [3.63, 3.8) is 0 Å². The third-order valence-electron chi connectivity index (χ3n) is 4.85. The van der Waals surface area contributed by atoms with Gasteiger partial charge in [-0.2, -0.15) is 0 Å². The first-order chi connectivity index (χ1) is 9.84. The van der Waals surface area contributed by atoms with Crippen LogP contribution >= 0.6 is 0 Å². The maximum Gasteiger partial charge on any atom is 0.117 e. The maximum absolute atomic E-state index is 5.01. The second-order valence-electron chi connectivity index (χ2n) is 6.36. The molecular weight excluding hydrogens is 248 g/mol. The van der Waals surface area contributed by atoms with Crippen LogP contribution in [0.1, 0.15) is 50.9 Å². The molecule has 20 heavy (non-hydrogen) atoms. The molecule has 1 unspecified atom stereocenters. The van der Waals surface area contributed by atoms with E-state index in [2.05, 4.69) is 27.9 Å². The second-order valence-corrected chi connectivity index (χ2v) is 6.36. The number of imidazole rings is 1. The van der Waals surface area contributed by atoms with E-state index in [4.69, 9.17) is 4.98 Å². The molecule has 4 heteroatoms. The first-order valence-electron chi connectivity index (χ1n) is 7.87. The van der Waals surface area contributed by atoms with Gasteiger partial charge in [0.25, 0.3) is 0 Å². The lowest BCUT2D eigenvalue weighted by Crippen LogP contribution is -2.32. The highest BCUT2D eigenvalue weighted by molar-refractivity contribution is 5.75. The summed E-state index contributed by atoms with van der Waals surface area (Å²) in [6.45, 7) is 4.47. The van der Waals surface area contributed by atoms with E-state index in [0.717, 1.165) is 18.6 Å². The molecule has 4 rings (SSSR count). The molecule has 0 bridgehead atoms. The quantitative estimate of drug-likeness (QED) is 0.929. The van der Waals surface area contributed by atoms with Crippen molar-refractivity contribution in [2.45, 2.75) is 50.5 Å². The molecule has 3 heterocycles. The van der Waals surface area contributed by atoms with Crippen LogP contribution in [0.5, 0.6) is 0 Å². The van der Waals surface area contributed by atoms with Gasteiger partial charge in [0, 0.05) is 24.2 Å². The number of hydrogen-bond acceptors (Lipinski definition) is 3. The first-order valence-corrected chi connectivity index (χ1v) is 7.87. The summed E-state index contributed by atoms with van der Waals surface area (Å²) in [6.07, 6.45) is 10.1. The van der Waals surface area contributed by atoms with Crippen LogP contribution in [0.15, 0.2) is 18.5 Å². The summed E-state index contributed by atoms with van der Waals surface area (Å²) in [7, 11) is 0. The van der Waals surface area contributed by atoms with Crippen LogP contribution in [-0.2, 0) is 5.41 Å². The van der Waals surface area contributed by atoms with Crippen molar-refractivity contribution in [2.75, 3.05) is 13.1 Å². The highest BCUT2D eigenvalue weighted by Crippen LogP contribution is 2.44. The minimum absolute atomic E-state index is 0.232. The predicted molar refractivity (Wildman–Crippen MR) is 79.9 cm³/mol. The molecule has 1 saturated heterocycles.